The van der Waals surface area contributed by atoms with Crippen LogP contribution >= 0.6 is 0 Å². The Morgan fingerprint density at radius 1 is 1.50 bits per heavy atom. The van der Waals surface area contributed by atoms with Crippen LogP contribution in [0.15, 0.2) is 12.3 Å². The monoisotopic (exact) mass is 217 g/mol. The molecule has 0 radical (unpaired) electrons. The molecule has 0 amide bonds. The van der Waals surface area contributed by atoms with Crippen molar-refractivity contribution in [2.75, 3.05) is 11.9 Å². The van der Waals surface area contributed by atoms with E-state index in [0.717, 1.165) is 12.8 Å². The largest absolute Gasteiger partial charge is 0.361 e. The fourth-order valence-corrected chi connectivity index (χ4v) is 2.20. The molecule has 1 heterocycles. The molecule has 84 valence electrons. The van der Waals surface area contributed by atoms with Crippen LogP contribution in [0.4, 0.5) is 5.82 Å². The first kappa shape index (κ1) is 10.8. The van der Waals surface area contributed by atoms with Crippen LogP contribution in [0.3, 0.4) is 0 Å². The predicted octanol–water partition coefficient (Wildman–Crippen LogP) is 1.03. The Morgan fingerprint density at radius 3 is 2.88 bits per heavy atom. The first-order valence-corrected chi connectivity index (χ1v) is 5.50. The summed E-state index contributed by atoms with van der Waals surface area (Å²) in [6.07, 6.45) is 5.93. The minimum Gasteiger partial charge on any atom is -0.361 e. The number of hydrogen-bond donors (Lipinski definition) is 2. The van der Waals surface area contributed by atoms with Crippen molar-refractivity contribution in [1.29, 1.82) is 5.26 Å². The molecule has 1 saturated carbocycles. The molecule has 0 bridgehead atoms. The lowest BCUT2D eigenvalue weighted by Gasteiger charge is -2.29. The number of nitriles is 1. The molecule has 1 aromatic heterocycles. The zero-order valence-corrected chi connectivity index (χ0v) is 9.11. The molecular formula is C11H15N5. The molecule has 5 heteroatoms. The lowest BCUT2D eigenvalue weighted by Crippen LogP contribution is -2.43. The van der Waals surface area contributed by atoms with Gasteiger partial charge in [-0.3, -0.25) is 0 Å². The molecule has 2 rings (SSSR count). The third kappa shape index (κ3) is 1.97. The zero-order valence-electron chi connectivity index (χ0n) is 9.11. The van der Waals surface area contributed by atoms with Crippen molar-refractivity contribution in [1.82, 2.24) is 10.2 Å². The normalized spacial score (nSPS) is 18.0. The number of aromatic nitrogens is 2. The van der Waals surface area contributed by atoms with Crippen LogP contribution in [0, 0.1) is 11.3 Å². The van der Waals surface area contributed by atoms with Gasteiger partial charge in [0.1, 0.15) is 6.07 Å². The fourth-order valence-electron chi connectivity index (χ4n) is 2.20. The summed E-state index contributed by atoms with van der Waals surface area (Å²) in [7, 11) is 0. The van der Waals surface area contributed by atoms with Crippen molar-refractivity contribution in [2.45, 2.75) is 31.2 Å². The maximum absolute atomic E-state index is 8.96. The van der Waals surface area contributed by atoms with Crippen molar-refractivity contribution < 1.29 is 0 Å². The van der Waals surface area contributed by atoms with Gasteiger partial charge >= 0.3 is 0 Å². The molecule has 16 heavy (non-hydrogen) atoms. The van der Waals surface area contributed by atoms with Gasteiger partial charge in [-0.05, 0) is 18.9 Å². The van der Waals surface area contributed by atoms with Crippen molar-refractivity contribution in [3.05, 3.63) is 17.8 Å². The van der Waals surface area contributed by atoms with Gasteiger partial charge in [-0.2, -0.15) is 10.4 Å². The van der Waals surface area contributed by atoms with Crippen molar-refractivity contribution in [2.24, 2.45) is 5.73 Å². The van der Waals surface area contributed by atoms with Crippen molar-refractivity contribution in [3.63, 3.8) is 0 Å². The molecule has 0 aliphatic heterocycles. The number of nitrogens with zero attached hydrogens (tertiary/aromatic N) is 3. The van der Waals surface area contributed by atoms with Crippen LogP contribution in [-0.4, -0.2) is 22.3 Å². The van der Waals surface area contributed by atoms with E-state index >= 15 is 0 Å². The van der Waals surface area contributed by atoms with Crippen LogP contribution in [0.1, 0.15) is 31.2 Å². The Hall–Kier alpha value is -1.67. The molecule has 1 aliphatic rings. The Kier molecular flexibility index (Phi) is 3.02. The molecule has 0 unspecified atom stereocenters. The topological polar surface area (TPSA) is 87.6 Å². The average molecular weight is 217 g/mol. The molecule has 5 nitrogen and oxygen atoms in total. The third-order valence-electron chi connectivity index (χ3n) is 3.18. The van der Waals surface area contributed by atoms with Gasteiger partial charge in [-0.15, -0.1) is 5.10 Å². The molecule has 0 saturated heterocycles. The highest BCUT2D eigenvalue weighted by Crippen LogP contribution is 2.32. The number of nitrogens with one attached hydrogen (secondary N) is 1. The Morgan fingerprint density at radius 2 is 2.25 bits per heavy atom. The summed E-state index contributed by atoms with van der Waals surface area (Å²) >= 11 is 0. The molecule has 1 aliphatic carbocycles. The Labute approximate surface area is 94.7 Å². The minimum absolute atomic E-state index is 0.0956. The quantitative estimate of drug-likeness (QED) is 0.789. The number of rotatable bonds is 3. The molecule has 1 aromatic rings. The number of nitrogens with two attached hydrogens (primary N) is 1. The highest BCUT2D eigenvalue weighted by atomic mass is 15.2. The van der Waals surface area contributed by atoms with E-state index in [1.807, 2.05) is 0 Å². The van der Waals surface area contributed by atoms with Crippen LogP contribution in [0.25, 0.3) is 0 Å². The zero-order chi connectivity index (χ0) is 11.4. The SMILES string of the molecule is N#Cc1ccnnc1NC1(CN)CCCC1. The predicted molar refractivity (Wildman–Crippen MR) is 60.6 cm³/mol. The molecule has 0 atom stereocenters. The van der Waals surface area contributed by atoms with E-state index in [2.05, 4.69) is 21.6 Å². The number of anilines is 1. The smallest absolute Gasteiger partial charge is 0.167 e. The second kappa shape index (κ2) is 4.45. The van der Waals surface area contributed by atoms with Gasteiger partial charge in [0.05, 0.1) is 17.3 Å². The van der Waals surface area contributed by atoms with Gasteiger partial charge in [-0.1, -0.05) is 12.8 Å². The average Bonchev–Trinajstić information content (AvgIpc) is 2.79. The first-order chi connectivity index (χ1) is 7.79. The summed E-state index contributed by atoms with van der Waals surface area (Å²) in [6, 6.07) is 3.77. The van der Waals surface area contributed by atoms with Gasteiger partial charge in [0.15, 0.2) is 5.82 Å². The van der Waals surface area contributed by atoms with E-state index in [4.69, 9.17) is 11.0 Å². The molecule has 0 aromatic carbocycles. The third-order valence-corrected chi connectivity index (χ3v) is 3.18. The van der Waals surface area contributed by atoms with Crippen LogP contribution < -0.4 is 11.1 Å². The summed E-state index contributed by atoms with van der Waals surface area (Å²) in [5, 5.41) is 20.0. The summed E-state index contributed by atoms with van der Waals surface area (Å²) in [5.41, 5.74) is 6.24. The van der Waals surface area contributed by atoms with Crippen LogP contribution in [0.2, 0.25) is 0 Å². The fraction of sp³-hybridized carbons (Fsp3) is 0.545. The Balaban J connectivity index is 2.23. The van der Waals surface area contributed by atoms with E-state index in [0.29, 0.717) is 17.9 Å². The van der Waals surface area contributed by atoms with Crippen LogP contribution in [0.5, 0.6) is 0 Å². The van der Waals surface area contributed by atoms with E-state index in [-0.39, 0.29) is 5.54 Å². The summed E-state index contributed by atoms with van der Waals surface area (Å²) in [5.74, 6) is 0.553. The first-order valence-electron chi connectivity index (χ1n) is 5.50. The van der Waals surface area contributed by atoms with Gasteiger partial charge in [-0.25, -0.2) is 0 Å². The van der Waals surface area contributed by atoms with E-state index in [9.17, 15) is 0 Å². The van der Waals surface area contributed by atoms with Crippen LogP contribution in [-0.2, 0) is 0 Å². The molecule has 0 spiro atoms. The standard InChI is InChI=1S/C11H15N5/c12-7-9-3-6-14-16-10(9)15-11(8-13)4-1-2-5-11/h3,6H,1-2,4-5,8,13H2,(H,15,16). The van der Waals surface area contributed by atoms with Crippen molar-refractivity contribution >= 4 is 5.82 Å². The highest BCUT2D eigenvalue weighted by Gasteiger charge is 2.33. The maximum atomic E-state index is 8.96. The van der Waals surface area contributed by atoms with E-state index in [1.165, 1.54) is 19.0 Å². The summed E-state index contributed by atoms with van der Waals surface area (Å²) in [6.45, 7) is 0.564. The minimum atomic E-state index is -0.0956. The second-order valence-corrected chi connectivity index (χ2v) is 4.22. The van der Waals surface area contributed by atoms with Gasteiger partial charge in [0.2, 0.25) is 0 Å². The summed E-state index contributed by atoms with van der Waals surface area (Å²) < 4.78 is 0. The summed E-state index contributed by atoms with van der Waals surface area (Å²) in [4.78, 5) is 0. The van der Waals surface area contributed by atoms with Gasteiger partial charge in [0, 0.05) is 6.54 Å². The highest BCUT2D eigenvalue weighted by molar-refractivity contribution is 5.52. The van der Waals surface area contributed by atoms with Crippen molar-refractivity contribution in [3.8, 4) is 6.07 Å². The second-order valence-electron chi connectivity index (χ2n) is 4.22. The lowest BCUT2D eigenvalue weighted by molar-refractivity contribution is 0.490. The number of hydrogen-bond acceptors (Lipinski definition) is 5. The van der Waals surface area contributed by atoms with Gasteiger partial charge in [0.25, 0.3) is 0 Å². The van der Waals surface area contributed by atoms with E-state index in [1.54, 1.807) is 6.07 Å². The van der Waals surface area contributed by atoms with Gasteiger partial charge < -0.3 is 11.1 Å². The molecule has 3 N–H and O–H groups in total. The Bertz CT molecular complexity index is 403. The maximum Gasteiger partial charge on any atom is 0.167 e. The van der Waals surface area contributed by atoms with E-state index < -0.39 is 0 Å². The lowest BCUT2D eigenvalue weighted by atomic mass is 9.97. The molecular weight excluding hydrogens is 202 g/mol. The molecule has 1 fully saturated rings.